The summed E-state index contributed by atoms with van der Waals surface area (Å²) in [7, 11) is -3.48. The highest BCUT2D eigenvalue weighted by molar-refractivity contribution is 7.89. The van der Waals surface area contributed by atoms with Crippen LogP contribution in [-0.4, -0.2) is 27.5 Å². The van der Waals surface area contributed by atoms with Gasteiger partial charge in [0.1, 0.15) is 0 Å². The van der Waals surface area contributed by atoms with Gasteiger partial charge in [0.25, 0.3) is 0 Å². The third-order valence-electron chi connectivity index (χ3n) is 3.87. The molecule has 22 heavy (non-hydrogen) atoms. The number of piperidine rings is 1. The molecule has 1 aliphatic heterocycles. The highest BCUT2D eigenvalue weighted by atomic mass is 32.2. The van der Waals surface area contributed by atoms with Crippen molar-refractivity contribution in [3.8, 4) is 11.1 Å². The number of benzene rings is 2. The fraction of sp³-hybridized carbons (Fsp3) is 0.294. The molecule has 2 aromatic rings. The zero-order valence-electron chi connectivity index (χ0n) is 12.3. The molecule has 0 radical (unpaired) electrons. The van der Waals surface area contributed by atoms with E-state index in [9.17, 15) is 8.42 Å². The number of sulfonamides is 1. The van der Waals surface area contributed by atoms with Crippen molar-refractivity contribution in [1.82, 2.24) is 10.0 Å². The van der Waals surface area contributed by atoms with Crippen molar-refractivity contribution < 1.29 is 8.42 Å². The predicted molar refractivity (Wildman–Crippen MR) is 88.1 cm³/mol. The van der Waals surface area contributed by atoms with Crippen LogP contribution in [0.1, 0.15) is 12.8 Å². The summed E-state index contributed by atoms with van der Waals surface area (Å²) in [6.45, 7) is 1.65. The minimum absolute atomic E-state index is 0.0286. The molecule has 0 spiro atoms. The molecule has 1 heterocycles. The zero-order chi connectivity index (χ0) is 15.4. The third-order valence-corrected chi connectivity index (χ3v) is 5.39. The summed E-state index contributed by atoms with van der Waals surface area (Å²) < 4.78 is 27.9. The monoisotopic (exact) mass is 316 g/mol. The molecule has 1 saturated heterocycles. The molecule has 0 saturated carbocycles. The van der Waals surface area contributed by atoms with Crippen LogP contribution in [0, 0.1) is 0 Å². The molecule has 116 valence electrons. The van der Waals surface area contributed by atoms with Gasteiger partial charge in [-0.05, 0) is 42.6 Å². The van der Waals surface area contributed by atoms with E-state index in [2.05, 4.69) is 10.0 Å². The summed E-state index contributed by atoms with van der Waals surface area (Å²) >= 11 is 0. The molecule has 2 N–H and O–H groups in total. The topological polar surface area (TPSA) is 58.2 Å². The van der Waals surface area contributed by atoms with Crippen molar-refractivity contribution in [3.05, 3.63) is 54.6 Å². The first-order chi connectivity index (χ1) is 10.6. The molecular formula is C17H20N2O2S. The molecule has 1 atom stereocenters. The summed E-state index contributed by atoms with van der Waals surface area (Å²) in [6.07, 6.45) is 1.88. The molecule has 0 aromatic heterocycles. The van der Waals surface area contributed by atoms with Gasteiger partial charge < -0.3 is 5.32 Å². The average molecular weight is 316 g/mol. The van der Waals surface area contributed by atoms with Gasteiger partial charge in [-0.2, -0.15) is 0 Å². The minimum Gasteiger partial charge on any atom is -0.315 e. The van der Waals surface area contributed by atoms with E-state index in [0.717, 1.165) is 30.5 Å². The summed E-state index contributed by atoms with van der Waals surface area (Å²) in [5.74, 6) is 0. The van der Waals surface area contributed by atoms with Crippen molar-refractivity contribution in [2.45, 2.75) is 23.8 Å². The molecule has 0 amide bonds. The predicted octanol–water partition coefficient (Wildman–Crippen LogP) is 2.38. The Balaban J connectivity index is 1.84. The van der Waals surface area contributed by atoms with E-state index in [1.54, 1.807) is 18.2 Å². The lowest BCUT2D eigenvalue weighted by atomic mass is 10.1. The summed E-state index contributed by atoms with van der Waals surface area (Å²) in [6, 6.07) is 16.9. The van der Waals surface area contributed by atoms with Gasteiger partial charge in [0.15, 0.2) is 0 Å². The maximum Gasteiger partial charge on any atom is 0.240 e. The Bertz CT molecular complexity index is 723. The van der Waals surface area contributed by atoms with Gasteiger partial charge in [0.05, 0.1) is 4.90 Å². The first-order valence-electron chi connectivity index (χ1n) is 7.54. The van der Waals surface area contributed by atoms with Crippen LogP contribution in [0.2, 0.25) is 0 Å². The Morgan fingerprint density at radius 1 is 1.00 bits per heavy atom. The van der Waals surface area contributed by atoms with Crippen LogP contribution in [0.15, 0.2) is 59.5 Å². The Morgan fingerprint density at radius 2 is 1.77 bits per heavy atom. The smallest absolute Gasteiger partial charge is 0.240 e. The summed E-state index contributed by atoms with van der Waals surface area (Å²) in [5.41, 5.74) is 1.92. The fourth-order valence-electron chi connectivity index (χ4n) is 2.71. The highest BCUT2D eigenvalue weighted by Gasteiger charge is 2.21. The average Bonchev–Trinajstić information content (AvgIpc) is 2.56. The quantitative estimate of drug-likeness (QED) is 0.910. The molecule has 1 aliphatic rings. The molecule has 5 heteroatoms. The molecule has 1 unspecified atom stereocenters. The standard InChI is InChI=1S/C17H20N2O2S/c20-22(21,19-16-9-5-11-18-13-16)17-10-4-8-15(12-17)14-6-2-1-3-7-14/h1-4,6-8,10,12,16,18-19H,5,9,11,13H2. The van der Waals surface area contributed by atoms with Gasteiger partial charge in [0, 0.05) is 12.6 Å². The zero-order valence-corrected chi connectivity index (χ0v) is 13.1. The SMILES string of the molecule is O=S(=O)(NC1CCCNC1)c1cccc(-c2ccccc2)c1. The van der Waals surface area contributed by atoms with E-state index in [1.807, 2.05) is 36.4 Å². The lowest BCUT2D eigenvalue weighted by molar-refractivity contribution is 0.428. The van der Waals surface area contributed by atoms with Gasteiger partial charge in [-0.1, -0.05) is 42.5 Å². The molecule has 2 aromatic carbocycles. The van der Waals surface area contributed by atoms with Crippen molar-refractivity contribution in [3.63, 3.8) is 0 Å². The number of nitrogens with one attached hydrogen (secondary N) is 2. The van der Waals surface area contributed by atoms with Gasteiger partial charge in [-0.25, -0.2) is 13.1 Å². The van der Waals surface area contributed by atoms with Crippen molar-refractivity contribution >= 4 is 10.0 Å². The van der Waals surface area contributed by atoms with E-state index in [-0.39, 0.29) is 6.04 Å². The first kappa shape index (κ1) is 15.2. The lowest BCUT2D eigenvalue weighted by Crippen LogP contribution is -2.45. The maximum absolute atomic E-state index is 12.5. The van der Waals surface area contributed by atoms with E-state index in [4.69, 9.17) is 0 Å². The first-order valence-corrected chi connectivity index (χ1v) is 9.02. The molecule has 0 bridgehead atoms. The van der Waals surface area contributed by atoms with E-state index < -0.39 is 10.0 Å². The third kappa shape index (κ3) is 3.55. The number of hydrogen-bond acceptors (Lipinski definition) is 3. The van der Waals surface area contributed by atoms with Crippen LogP contribution >= 0.6 is 0 Å². The van der Waals surface area contributed by atoms with Crippen molar-refractivity contribution in [2.75, 3.05) is 13.1 Å². The largest absolute Gasteiger partial charge is 0.315 e. The fourth-order valence-corrected chi connectivity index (χ4v) is 4.03. The Labute approximate surface area is 131 Å². The number of rotatable bonds is 4. The van der Waals surface area contributed by atoms with Crippen LogP contribution in [0.5, 0.6) is 0 Å². The second kappa shape index (κ2) is 6.60. The van der Waals surface area contributed by atoms with Gasteiger partial charge in [-0.15, -0.1) is 0 Å². The summed E-state index contributed by atoms with van der Waals surface area (Å²) in [4.78, 5) is 0.319. The minimum atomic E-state index is -3.48. The second-order valence-electron chi connectivity index (χ2n) is 5.56. The summed E-state index contributed by atoms with van der Waals surface area (Å²) in [5, 5.41) is 3.22. The normalized spacial score (nSPS) is 19.0. The molecule has 1 fully saturated rings. The Morgan fingerprint density at radius 3 is 2.50 bits per heavy atom. The molecule has 3 rings (SSSR count). The lowest BCUT2D eigenvalue weighted by Gasteiger charge is -2.23. The van der Waals surface area contributed by atoms with Crippen LogP contribution in [0.3, 0.4) is 0 Å². The van der Waals surface area contributed by atoms with Crippen LogP contribution < -0.4 is 10.0 Å². The van der Waals surface area contributed by atoms with Gasteiger partial charge >= 0.3 is 0 Å². The van der Waals surface area contributed by atoms with E-state index in [0.29, 0.717) is 11.4 Å². The van der Waals surface area contributed by atoms with Gasteiger partial charge in [0.2, 0.25) is 10.0 Å². The van der Waals surface area contributed by atoms with Gasteiger partial charge in [-0.3, -0.25) is 0 Å². The maximum atomic E-state index is 12.5. The van der Waals surface area contributed by atoms with E-state index in [1.165, 1.54) is 0 Å². The van der Waals surface area contributed by atoms with Crippen LogP contribution in [0.25, 0.3) is 11.1 Å². The molecule has 4 nitrogen and oxygen atoms in total. The second-order valence-corrected chi connectivity index (χ2v) is 7.27. The Kier molecular flexibility index (Phi) is 4.57. The van der Waals surface area contributed by atoms with Crippen LogP contribution in [-0.2, 0) is 10.0 Å². The van der Waals surface area contributed by atoms with E-state index >= 15 is 0 Å². The highest BCUT2D eigenvalue weighted by Crippen LogP contribution is 2.22. The van der Waals surface area contributed by atoms with Crippen LogP contribution in [0.4, 0.5) is 0 Å². The molecule has 0 aliphatic carbocycles. The Hall–Kier alpha value is -1.69. The van der Waals surface area contributed by atoms with Crippen molar-refractivity contribution in [1.29, 1.82) is 0 Å². The van der Waals surface area contributed by atoms with Crippen molar-refractivity contribution in [2.24, 2.45) is 0 Å². The number of hydrogen-bond donors (Lipinski definition) is 2. The molecular weight excluding hydrogens is 296 g/mol.